The summed E-state index contributed by atoms with van der Waals surface area (Å²) in [5.74, 6) is 1.26. The lowest BCUT2D eigenvalue weighted by Crippen LogP contribution is -2.19. The van der Waals surface area contributed by atoms with Crippen LogP contribution in [0.4, 0.5) is 5.95 Å². The molecule has 26 heavy (non-hydrogen) atoms. The van der Waals surface area contributed by atoms with Gasteiger partial charge in [-0.15, -0.1) is 0 Å². The van der Waals surface area contributed by atoms with Gasteiger partial charge in [-0.3, -0.25) is 0 Å². The van der Waals surface area contributed by atoms with Gasteiger partial charge in [0.25, 0.3) is 0 Å². The zero-order valence-corrected chi connectivity index (χ0v) is 13.9. The number of imidazole rings is 2. The summed E-state index contributed by atoms with van der Waals surface area (Å²) in [4.78, 5) is 33.4. The molecule has 0 bridgehead atoms. The van der Waals surface area contributed by atoms with Gasteiger partial charge in [0.2, 0.25) is 5.95 Å². The van der Waals surface area contributed by atoms with Gasteiger partial charge in [-0.05, 0) is 25.0 Å². The smallest absolute Gasteiger partial charge is 0.323 e. The lowest BCUT2D eigenvalue weighted by Gasteiger charge is -2.10. The van der Waals surface area contributed by atoms with Gasteiger partial charge in [0, 0.05) is 25.5 Å². The number of nitrogens with zero attached hydrogens (tertiary/aromatic N) is 3. The number of hydrogen-bond acceptors (Lipinski definition) is 6. The number of anilines is 1. The van der Waals surface area contributed by atoms with E-state index >= 15 is 0 Å². The highest BCUT2D eigenvalue weighted by Crippen LogP contribution is 2.22. The summed E-state index contributed by atoms with van der Waals surface area (Å²) in [6.07, 6.45) is 5.89. The van der Waals surface area contributed by atoms with Crippen molar-refractivity contribution in [3.05, 3.63) is 35.0 Å². The molecule has 1 fully saturated rings. The van der Waals surface area contributed by atoms with Crippen LogP contribution in [0.1, 0.15) is 12.8 Å². The summed E-state index contributed by atoms with van der Waals surface area (Å²) in [6, 6.07) is 3.69. The molecule has 0 saturated carbocycles. The van der Waals surface area contributed by atoms with Crippen molar-refractivity contribution in [2.45, 2.75) is 18.9 Å². The molecule has 0 radical (unpaired) electrons. The van der Waals surface area contributed by atoms with Crippen LogP contribution in [0.15, 0.2) is 29.3 Å². The van der Waals surface area contributed by atoms with Crippen LogP contribution < -0.4 is 11.0 Å². The third kappa shape index (κ3) is 2.72. The van der Waals surface area contributed by atoms with Crippen LogP contribution in [-0.2, 0) is 4.74 Å². The SMILES string of the molecule is O=c1[nH]c2cc3nc(-c4cnc(NC[C@@H]5CCCO5)nc4)[nH]c3cc2[nH]1. The average Bonchev–Trinajstić information content (AvgIpc) is 3.36. The maximum atomic E-state index is 11.4. The van der Waals surface area contributed by atoms with Crippen LogP contribution in [-0.4, -0.2) is 49.2 Å². The van der Waals surface area contributed by atoms with Gasteiger partial charge < -0.3 is 25.0 Å². The Bertz CT molecular complexity index is 1070. The monoisotopic (exact) mass is 351 g/mol. The van der Waals surface area contributed by atoms with Gasteiger partial charge in [-0.25, -0.2) is 19.7 Å². The zero-order chi connectivity index (χ0) is 17.5. The van der Waals surface area contributed by atoms with Crippen LogP contribution >= 0.6 is 0 Å². The number of hydrogen-bond donors (Lipinski definition) is 4. The van der Waals surface area contributed by atoms with E-state index in [1.807, 2.05) is 12.1 Å². The van der Waals surface area contributed by atoms with Crippen LogP contribution in [0.3, 0.4) is 0 Å². The number of H-pyrrole nitrogens is 3. The van der Waals surface area contributed by atoms with E-state index in [2.05, 4.69) is 35.2 Å². The van der Waals surface area contributed by atoms with Crippen molar-refractivity contribution >= 4 is 28.0 Å². The number of rotatable bonds is 4. The number of ether oxygens (including phenoxy) is 1. The number of aromatic amines is 3. The van der Waals surface area contributed by atoms with Crippen molar-refractivity contribution in [2.75, 3.05) is 18.5 Å². The molecule has 1 aliphatic heterocycles. The molecule has 1 atom stereocenters. The minimum atomic E-state index is -0.229. The van der Waals surface area contributed by atoms with E-state index in [1.165, 1.54) is 0 Å². The largest absolute Gasteiger partial charge is 0.376 e. The third-order valence-corrected chi connectivity index (χ3v) is 4.55. The van der Waals surface area contributed by atoms with E-state index in [9.17, 15) is 4.79 Å². The third-order valence-electron chi connectivity index (χ3n) is 4.55. The molecule has 0 aliphatic carbocycles. The van der Waals surface area contributed by atoms with Crippen molar-refractivity contribution in [3.8, 4) is 11.4 Å². The normalized spacial score (nSPS) is 17.3. The molecule has 4 N–H and O–H groups in total. The highest BCUT2D eigenvalue weighted by molar-refractivity contribution is 5.92. The number of aromatic nitrogens is 6. The predicted molar refractivity (Wildman–Crippen MR) is 97.1 cm³/mol. The standard InChI is InChI=1S/C17H17N7O2/c25-17-23-13-4-11-12(5-14(13)24-17)22-15(21-11)9-6-18-16(19-7-9)20-8-10-2-1-3-26-10/h4-7,10H,1-3,8H2,(H,21,22)(H,18,19,20)(H2,23,24,25)/t10-/m0/s1. The minimum Gasteiger partial charge on any atom is -0.376 e. The molecule has 0 spiro atoms. The van der Waals surface area contributed by atoms with E-state index in [4.69, 9.17) is 4.74 Å². The highest BCUT2D eigenvalue weighted by Gasteiger charge is 2.15. The van der Waals surface area contributed by atoms with E-state index in [-0.39, 0.29) is 11.8 Å². The Morgan fingerprint density at radius 1 is 1.12 bits per heavy atom. The summed E-state index contributed by atoms with van der Waals surface area (Å²) in [7, 11) is 0. The number of fused-ring (bicyclic) bond motifs is 2. The fourth-order valence-corrected chi connectivity index (χ4v) is 3.23. The summed E-state index contributed by atoms with van der Waals surface area (Å²) < 4.78 is 5.58. The first-order valence-corrected chi connectivity index (χ1v) is 8.54. The van der Waals surface area contributed by atoms with E-state index in [0.717, 1.165) is 47.1 Å². The number of nitrogens with one attached hydrogen (secondary N) is 4. The van der Waals surface area contributed by atoms with Crippen LogP contribution in [0, 0.1) is 0 Å². The molecule has 4 heterocycles. The van der Waals surface area contributed by atoms with E-state index in [1.54, 1.807) is 12.4 Å². The molecule has 3 aromatic heterocycles. The molecule has 5 rings (SSSR count). The van der Waals surface area contributed by atoms with Crippen molar-refractivity contribution in [1.82, 2.24) is 29.9 Å². The Kier molecular flexibility index (Phi) is 3.45. The van der Waals surface area contributed by atoms with Gasteiger partial charge in [-0.2, -0.15) is 0 Å². The molecule has 1 aromatic carbocycles. The van der Waals surface area contributed by atoms with Gasteiger partial charge in [0.1, 0.15) is 5.82 Å². The quantitative estimate of drug-likeness (QED) is 0.444. The van der Waals surface area contributed by atoms with Crippen molar-refractivity contribution < 1.29 is 4.74 Å². The molecule has 9 heteroatoms. The first-order valence-electron chi connectivity index (χ1n) is 8.54. The van der Waals surface area contributed by atoms with Crippen molar-refractivity contribution in [1.29, 1.82) is 0 Å². The first-order chi connectivity index (χ1) is 12.7. The molecule has 0 unspecified atom stereocenters. The van der Waals surface area contributed by atoms with Gasteiger partial charge >= 0.3 is 5.69 Å². The summed E-state index contributed by atoms with van der Waals surface area (Å²) in [5, 5.41) is 3.20. The summed E-state index contributed by atoms with van der Waals surface area (Å²) >= 11 is 0. The molecular weight excluding hydrogens is 334 g/mol. The fraction of sp³-hybridized carbons (Fsp3) is 0.294. The molecule has 1 aliphatic rings. The van der Waals surface area contributed by atoms with Crippen LogP contribution in [0.2, 0.25) is 0 Å². The van der Waals surface area contributed by atoms with E-state index in [0.29, 0.717) is 18.3 Å². The summed E-state index contributed by atoms with van der Waals surface area (Å²) in [6.45, 7) is 1.55. The topological polar surface area (TPSA) is 124 Å². The average molecular weight is 351 g/mol. The Labute approximate surface area is 147 Å². The van der Waals surface area contributed by atoms with Gasteiger partial charge in [0.05, 0.1) is 33.7 Å². The maximum Gasteiger partial charge on any atom is 0.323 e. The Hall–Kier alpha value is -3.20. The molecule has 9 nitrogen and oxygen atoms in total. The fourth-order valence-electron chi connectivity index (χ4n) is 3.23. The second kappa shape index (κ2) is 5.95. The van der Waals surface area contributed by atoms with Crippen LogP contribution in [0.5, 0.6) is 0 Å². The predicted octanol–water partition coefficient (Wildman–Crippen LogP) is 1.78. The van der Waals surface area contributed by atoms with Gasteiger partial charge in [-0.1, -0.05) is 0 Å². The Morgan fingerprint density at radius 3 is 2.69 bits per heavy atom. The molecule has 1 saturated heterocycles. The Morgan fingerprint density at radius 2 is 1.92 bits per heavy atom. The van der Waals surface area contributed by atoms with Gasteiger partial charge in [0.15, 0.2) is 0 Å². The summed E-state index contributed by atoms with van der Waals surface area (Å²) in [5.41, 5.74) is 3.63. The number of benzene rings is 1. The second-order valence-electron chi connectivity index (χ2n) is 6.39. The second-order valence-corrected chi connectivity index (χ2v) is 6.39. The highest BCUT2D eigenvalue weighted by atomic mass is 16.5. The lowest BCUT2D eigenvalue weighted by atomic mass is 10.2. The molecule has 4 aromatic rings. The molecule has 0 amide bonds. The Balaban J connectivity index is 1.39. The van der Waals surface area contributed by atoms with Crippen LogP contribution in [0.25, 0.3) is 33.5 Å². The van der Waals surface area contributed by atoms with E-state index < -0.39 is 0 Å². The maximum absolute atomic E-state index is 11.4. The van der Waals surface area contributed by atoms with Crippen molar-refractivity contribution in [3.63, 3.8) is 0 Å². The lowest BCUT2D eigenvalue weighted by molar-refractivity contribution is 0.120. The minimum absolute atomic E-state index is 0.229. The zero-order valence-electron chi connectivity index (χ0n) is 13.9. The first kappa shape index (κ1) is 15.1. The molecule has 132 valence electrons. The molecular formula is C17H17N7O2. The van der Waals surface area contributed by atoms with Crippen molar-refractivity contribution in [2.24, 2.45) is 0 Å².